The van der Waals surface area contributed by atoms with E-state index in [0.29, 0.717) is 12.8 Å². The molecule has 1 fully saturated rings. The molecule has 3 rings (SSSR count). The van der Waals surface area contributed by atoms with Crippen molar-refractivity contribution < 1.29 is 14.7 Å². The summed E-state index contributed by atoms with van der Waals surface area (Å²) in [6.45, 7) is -0.179. The van der Waals surface area contributed by atoms with Gasteiger partial charge in [0.15, 0.2) is 0 Å². The third kappa shape index (κ3) is 3.45. The molecule has 0 bridgehead atoms. The summed E-state index contributed by atoms with van der Waals surface area (Å²) in [4.78, 5) is 24.7. The number of carboxylic acids is 1. The Bertz CT molecular complexity index is 706. The molecule has 1 aliphatic rings. The van der Waals surface area contributed by atoms with Crippen molar-refractivity contribution in [2.24, 2.45) is 0 Å². The van der Waals surface area contributed by atoms with Crippen LogP contribution in [0.5, 0.6) is 0 Å². The summed E-state index contributed by atoms with van der Waals surface area (Å²) in [5.74, 6) is -0.996. The molecule has 1 saturated carbocycles. The Labute approximate surface area is 129 Å². The van der Waals surface area contributed by atoms with E-state index in [-0.39, 0.29) is 18.5 Å². The highest BCUT2D eigenvalue weighted by Crippen LogP contribution is 2.27. The number of amides is 1. The highest BCUT2D eigenvalue weighted by atomic mass is 16.4. The lowest BCUT2D eigenvalue weighted by molar-refractivity contribution is -0.144. The first-order chi connectivity index (χ1) is 10.6. The molecule has 1 aliphatic carbocycles. The number of carbonyl (C=O) groups excluding carboxylic acids is 1. The maximum Gasteiger partial charge on any atom is 0.323 e. The standard InChI is InChI=1S/C18H19NO3/c20-17(19(12-18(21)22)16-8-9-16)10-6-13-5-7-14-3-1-2-4-15(14)11-13/h1-5,7,11,16H,6,8-10,12H2,(H,21,22). The van der Waals surface area contributed by atoms with E-state index in [9.17, 15) is 9.59 Å². The number of fused-ring (bicyclic) bond motifs is 1. The minimum atomic E-state index is -0.939. The highest BCUT2D eigenvalue weighted by Gasteiger charge is 2.33. The Balaban J connectivity index is 1.64. The van der Waals surface area contributed by atoms with E-state index >= 15 is 0 Å². The molecule has 0 atom stereocenters. The van der Waals surface area contributed by atoms with E-state index in [4.69, 9.17) is 5.11 Å². The van der Waals surface area contributed by atoms with Crippen LogP contribution >= 0.6 is 0 Å². The molecule has 2 aromatic rings. The van der Waals surface area contributed by atoms with Crippen molar-refractivity contribution in [2.75, 3.05) is 6.54 Å². The molecule has 114 valence electrons. The number of carboxylic acid groups (broad SMARTS) is 1. The number of nitrogens with zero attached hydrogens (tertiary/aromatic N) is 1. The average molecular weight is 297 g/mol. The predicted molar refractivity (Wildman–Crippen MR) is 84.6 cm³/mol. The maximum absolute atomic E-state index is 12.3. The van der Waals surface area contributed by atoms with E-state index in [1.165, 1.54) is 10.3 Å². The topological polar surface area (TPSA) is 57.6 Å². The molecule has 4 nitrogen and oxygen atoms in total. The third-order valence-corrected chi connectivity index (χ3v) is 4.06. The fourth-order valence-corrected chi connectivity index (χ4v) is 2.74. The average Bonchev–Trinajstić information content (AvgIpc) is 3.34. The van der Waals surface area contributed by atoms with Crippen molar-refractivity contribution in [1.82, 2.24) is 4.90 Å². The first-order valence-corrected chi connectivity index (χ1v) is 7.62. The second-order valence-corrected chi connectivity index (χ2v) is 5.83. The number of aryl methyl sites for hydroxylation is 1. The van der Waals surface area contributed by atoms with Gasteiger partial charge in [0.2, 0.25) is 5.91 Å². The third-order valence-electron chi connectivity index (χ3n) is 4.06. The van der Waals surface area contributed by atoms with Gasteiger partial charge < -0.3 is 10.0 Å². The van der Waals surface area contributed by atoms with Gasteiger partial charge in [0, 0.05) is 12.5 Å². The monoisotopic (exact) mass is 297 g/mol. The van der Waals surface area contributed by atoms with Crippen LogP contribution in [0.1, 0.15) is 24.8 Å². The quantitative estimate of drug-likeness (QED) is 0.892. The Morgan fingerprint density at radius 2 is 1.82 bits per heavy atom. The van der Waals surface area contributed by atoms with Crippen LogP contribution in [0.4, 0.5) is 0 Å². The Hall–Kier alpha value is -2.36. The van der Waals surface area contributed by atoms with Gasteiger partial charge in [-0.25, -0.2) is 0 Å². The summed E-state index contributed by atoms with van der Waals surface area (Å²) in [5.41, 5.74) is 1.11. The summed E-state index contributed by atoms with van der Waals surface area (Å²) in [7, 11) is 0. The van der Waals surface area contributed by atoms with Crippen LogP contribution in [0.15, 0.2) is 42.5 Å². The van der Waals surface area contributed by atoms with E-state index in [0.717, 1.165) is 23.8 Å². The van der Waals surface area contributed by atoms with Gasteiger partial charge in [-0.15, -0.1) is 0 Å². The van der Waals surface area contributed by atoms with Crippen LogP contribution < -0.4 is 0 Å². The highest BCUT2D eigenvalue weighted by molar-refractivity contribution is 5.84. The first kappa shape index (κ1) is 14.6. The molecule has 0 heterocycles. The number of hydrogen-bond donors (Lipinski definition) is 1. The zero-order valence-corrected chi connectivity index (χ0v) is 12.4. The van der Waals surface area contributed by atoms with Crippen molar-refractivity contribution in [3.63, 3.8) is 0 Å². The van der Waals surface area contributed by atoms with Crippen molar-refractivity contribution in [3.8, 4) is 0 Å². The smallest absolute Gasteiger partial charge is 0.323 e. The number of hydrogen-bond acceptors (Lipinski definition) is 2. The molecule has 22 heavy (non-hydrogen) atoms. The SMILES string of the molecule is O=C(O)CN(C(=O)CCc1ccc2ccccc2c1)C1CC1. The second kappa shape index (κ2) is 6.18. The molecule has 0 unspecified atom stereocenters. The van der Waals surface area contributed by atoms with Crippen LogP contribution in [0, 0.1) is 0 Å². The lowest BCUT2D eigenvalue weighted by Crippen LogP contribution is -2.37. The fraction of sp³-hybridized carbons (Fsp3) is 0.333. The first-order valence-electron chi connectivity index (χ1n) is 7.62. The fourth-order valence-electron chi connectivity index (χ4n) is 2.74. The minimum absolute atomic E-state index is 0.0574. The second-order valence-electron chi connectivity index (χ2n) is 5.83. The van der Waals surface area contributed by atoms with Gasteiger partial charge in [-0.05, 0) is 35.6 Å². The summed E-state index contributed by atoms with van der Waals surface area (Å²) in [5, 5.41) is 11.3. The van der Waals surface area contributed by atoms with Gasteiger partial charge in [0.25, 0.3) is 0 Å². The van der Waals surface area contributed by atoms with Gasteiger partial charge in [-0.3, -0.25) is 9.59 Å². The van der Waals surface area contributed by atoms with Crippen molar-refractivity contribution in [2.45, 2.75) is 31.7 Å². The van der Waals surface area contributed by atoms with Gasteiger partial charge in [-0.2, -0.15) is 0 Å². The maximum atomic E-state index is 12.3. The summed E-state index contributed by atoms with van der Waals surface area (Å²) < 4.78 is 0. The predicted octanol–water partition coefficient (Wildman–Crippen LogP) is 2.85. The molecule has 2 aromatic carbocycles. The zero-order chi connectivity index (χ0) is 15.5. The van der Waals surface area contributed by atoms with Gasteiger partial charge >= 0.3 is 5.97 Å². The van der Waals surface area contributed by atoms with Crippen LogP contribution in [0.25, 0.3) is 10.8 Å². The molecule has 0 saturated heterocycles. The van der Waals surface area contributed by atoms with Gasteiger partial charge in [0.1, 0.15) is 6.54 Å². The van der Waals surface area contributed by atoms with Crippen molar-refractivity contribution in [1.29, 1.82) is 0 Å². The number of rotatable bonds is 6. The van der Waals surface area contributed by atoms with Crippen molar-refractivity contribution in [3.05, 3.63) is 48.0 Å². The summed E-state index contributed by atoms with van der Waals surface area (Å²) in [6, 6.07) is 14.5. The molecule has 1 amide bonds. The Kier molecular flexibility index (Phi) is 4.09. The normalized spacial score (nSPS) is 14.0. The summed E-state index contributed by atoms with van der Waals surface area (Å²) in [6.07, 6.45) is 2.86. The van der Waals surface area contributed by atoms with E-state index in [1.54, 1.807) is 0 Å². The molecule has 0 spiro atoms. The number of benzene rings is 2. The number of carbonyl (C=O) groups is 2. The molecule has 1 N–H and O–H groups in total. The van der Waals surface area contributed by atoms with Crippen molar-refractivity contribution >= 4 is 22.6 Å². The zero-order valence-electron chi connectivity index (χ0n) is 12.4. The molecule has 4 heteroatoms. The van der Waals surface area contributed by atoms with Crippen LogP contribution in [0.3, 0.4) is 0 Å². The van der Waals surface area contributed by atoms with Crippen LogP contribution in [0.2, 0.25) is 0 Å². The molecular formula is C18H19NO3. The van der Waals surface area contributed by atoms with Crippen LogP contribution in [-0.2, 0) is 16.0 Å². The molecule has 0 radical (unpaired) electrons. The van der Waals surface area contributed by atoms with E-state index < -0.39 is 5.97 Å². The molecule has 0 aromatic heterocycles. The molecule has 0 aliphatic heterocycles. The lowest BCUT2D eigenvalue weighted by Gasteiger charge is -2.20. The Morgan fingerprint density at radius 3 is 2.50 bits per heavy atom. The largest absolute Gasteiger partial charge is 0.480 e. The number of aliphatic carboxylic acids is 1. The lowest BCUT2D eigenvalue weighted by atomic mass is 10.0. The summed E-state index contributed by atoms with van der Waals surface area (Å²) >= 11 is 0. The van der Waals surface area contributed by atoms with E-state index in [1.807, 2.05) is 18.2 Å². The minimum Gasteiger partial charge on any atom is -0.480 e. The van der Waals surface area contributed by atoms with E-state index in [2.05, 4.69) is 24.3 Å². The van der Waals surface area contributed by atoms with Gasteiger partial charge in [-0.1, -0.05) is 42.5 Å². The van der Waals surface area contributed by atoms with Gasteiger partial charge in [0.05, 0.1) is 0 Å². The molecular weight excluding hydrogens is 278 g/mol. The van der Waals surface area contributed by atoms with Crippen LogP contribution in [-0.4, -0.2) is 34.5 Å². The Morgan fingerprint density at radius 1 is 1.09 bits per heavy atom.